The summed E-state index contributed by atoms with van der Waals surface area (Å²) in [6.45, 7) is 2.35. The summed E-state index contributed by atoms with van der Waals surface area (Å²) in [6, 6.07) is 0. The number of aliphatic hydroxyl groups is 1. The second kappa shape index (κ2) is 3.68. The van der Waals surface area contributed by atoms with Gasteiger partial charge in [0.25, 0.3) is 5.91 Å². The van der Waals surface area contributed by atoms with Crippen LogP contribution in [0.5, 0.6) is 0 Å². The molecule has 4 nitrogen and oxygen atoms in total. The first kappa shape index (κ1) is 9.64. The fraction of sp³-hybridized carbons (Fsp3) is 0.444. The number of hydrogen-bond donors (Lipinski definition) is 1. The minimum atomic E-state index is -0.558. The number of nitrogens with zero attached hydrogens (tertiary/aromatic N) is 1. The van der Waals surface area contributed by atoms with Crippen molar-refractivity contribution in [3.05, 3.63) is 21.9 Å². The lowest BCUT2D eigenvalue weighted by Crippen LogP contribution is -2.28. The van der Waals surface area contributed by atoms with Gasteiger partial charge < -0.3 is 5.11 Å². The molecule has 1 fully saturated rings. The normalized spacial score (nSPS) is 21.6. The Kier molecular flexibility index (Phi) is 2.54. The van der Waals surface area contributed by atoms with E-state index in [1.165, 1.54) is 16.4 Å². The minimum Gasteiger partial charge on any atom is -0.389 e. The van der Waals surface area contributed by atoms with Crippen LogP contribution in [0, 0.1) is 6.92 Å². The summed E-state index contributed by atoms with van der Waals surface area (Å²) in [4.78, 5) is 16.8. The smallest absolute Gasteiger partial charge is 0.278 e. The number of hydroxylamine groups is 2. The Morgan fingerprint density at radius 2 is 2.50 bits per heavy atom. The van der Waals surface area contributed by atoms with Crippen molar-refractivity contribution in [1.82, 2.24) is 5.06 Å². The van der Waals surface area contributed by atoms with E-state index in [1.54, 1.807) is 5.38 Å². The van der Waals surface area contributed by atoms with Crippen molar-refractivity contribution in [1.29, 1.82) is 0 Å². The second-order valence-electron chi connectivity index (χ2n) is 3.28. The first-order valence-electron chi connectivity index (χ1n) is 4.34. The predicted molar refractivity (Wildman–Crippen MR) is 52.1 cm³/mol. The summed E-state index contributed by atoms with van der Waals surface area (Å²) in [6.07, 6.45) is -0.558. The third kappa shape index (κ3) is 1.66. The SMILES string of the molecule is Cc1cscc1C(=O)N1C[C@@H](O)CO1. The molecule has 1 aromatic heterocycles. The lowest BCUT2D eigenvalue weighted by Gasteiger charge is -2.12. The van der Waals surface area contributed by atoms with Crippen molar-refractivity contribution in [2.45, 2.75) is 13.0 Å². The summed E-state index contributed by atoms with van der Waals surface area (Å²) in [5, 5.41) is 14.1. The zero-order valence-corrected chi connectivity index (χ0v) is 8.58. The van der Waals surface area contributed by atoms with E-state index in [2.05, 4.69) is 0 Å². The molecular formula is C9H11NO3S. The minimum absolute atomic E-state index is 0.166. The van der Waals surface area contributed by atoms with Gasteiger partial charge in [-0.3, -0.25) is 9.63 Å². The first-order chi connectivity index (χ1) is 6.68. The molecule has 2 rings (SSSR count). The molecule has 1 amide bonds. The van der Waals surface area contributed by atoms with Gasteiger partial charge in [-0.2, -0.15) is 11.3 Å². The summed E-state index contributed by atoms with van der Waals surface area (Å²) >= 11 is 1.49. The van der Waals surface area contributed by atoms with Gasteiger partial charge in [-0.1, -0.05) is 0 Å². The van der Waals surface area contributed by atoms with E-state index in [0.29, 0.717) is 5.56 Å². The van der Waals surface area contributed by atoms with E-state index < -0.39 is 6.10 Å². The van der Waals surface area contributed by atoms with Crippen molar-refractivity contribution in [2.24, 2.45) is 0 Å². The second-order valence-corrected chi connectivity index (χ2v) is 4.03. The van der Waals surface area contributed by atoms with E-state index in [9.17, 15) is 9.90 Å². The van der Waals surface area contributed by atoms with Crippen molar-refractivity contribution >= 4 is 17.2 Å². The molecule has 0 unspecified atom stereocenters. The number of thiophene rings is 1. The van der Waals surface area contributed by atoms with Crippen LogP contribution in [0.15, 0.2) is 10.8 Å². The third-order valence-electron chi connectivity index (χ3n) is 2.11. The number of aryl methyl sites for hydroxylation is 1. The number of aliphatic hydroxyl groups excluding tert-OH is 1. The molecule has 1 aliphatic heterocycles. The molecule has 0 radical (unpaired) electrons. The summed E-state index contributed by atoms with van der Waals surface area (Å²) in [5.74, 6) is -0.166. The fourth-order valence-electron chi connectivity index (χ4n) is 1.33. The zero-order chi connectivity index (χ0) is 10.1. The monoisotopic (exact) mass is 213 g/mol. The van der Waals surface area contributed by atoms with Gasteiger partial charge in [0.05, 0.1) is 12.1 Å². The van der Waals surface area contributed by atoms with Crippen LogP contribution in [0.3, 0.4) is 0 Å². The van der Waals surface area contributed by atoms with Crippen LogP contribution in [-0.4, -0.2) is 35.3 Å². The van der Waals surface area contributed by atoms with Gasteiger partial charge in [-0.25, -0.2) is 5.06 Å². The molecule has 76 valence electrons. The lowest BCUT2D eigenvalue weighted by molar-refractivity contribution is -0.0779. The maximum atomic E-state index is 11.8. The van der Waals surface area contributed by atoms with Crippen LogP contribution in [-0.2, 0) is 4.84 Å². The Morgan fingerprint density at radius 1 is 1.71 bits per heavy atom. The van der Waals surface area contributed by atoms with Crippen molar-refractivity contribution < 1.29 is 14.7 Å². The van der Waals surface area contributed by atoms with Crippen LogP contribution in [0.4, 0.5) is 0 Å². The highest BCUT2D eigenvalue weighted by atomic mass is 32.1. The van der Waals surface area contributed by atoms with Crippen LogP contribution >= 0.6 is 11.3 Å². The highest BCUT2D eigenvalue weighted by molar-refractivity contribution is 7.08. The highest BCUT2D eigenvalue weighted by Gasteiger charge is 2.27. The molecule has 1 aromatic rings. The van der Waals surface area contributed by atoms with E-state index in [4.69, 9.17) is 4.84 Å². The van der Waals surface area contributed by atoms with E-state index >= 15 is 0 Å². The van der Waals surface area contributed by atoms with Gasteiger partial charge >= 0.3 is 0 Å². The largest absolute Gasteiger partial charge is 0.389 e. The molecule has 5 heteroatoms. The van der Waals surface area contributed by atoms with Crippen molar-refractivity contribution in [3.8, 4) is 0 Å². The highest BCUT2D eigenvalue weighted by Crippen LogP contribution is 2.18. The molecule has 1 atom stereocenters. The zero-order valence-electron chi connectivity index (χ0n) is 7.77. The van der Waals surface area contributed by atoms with Crippen LogP contribution in [0.25, 0.3) is 0 Å². The molecule has 0 aromatic carbocycles. The molecular weight excluding hydrogens is 202 g/mol. The molecule has 0 bridgehead atoms. The Balaban J connectivity index is 2.13. The van der Waals surface area contributed by atoms with E-state index in [1.807, 2.05) is 12.3 Å². The molecule has 1 saturated heterocycles. The Hall–Kier alpha value is -0.910. The molecule has 1 N–H and O–H groups in total. The molecule has 2 heterocycles. The van der Waals surface area contributed by atoms with Gasteiger partial charge in [-0.05, 0) is 17.9 Å². The topological polar surface area (TPSA) is 49.8 Å². The van der Waals surface area contributed by atoms with Crippen LogP contribution in [0.2, 0.25) is 0 Å². The summed E-state index contributed by atoms with van der Waals surface area (Å²) in [5.41, 5.74) is 1.61. The van der Waals surface area contributed by atoms with Crippen molar-refractivity contribution in [3.63, 3.8) is 0 Å². The van der Waals surface area contributed by atoms with Crippen molar-refractivity contribution in [2.75, 3.05) is 13.2 Å². The van der Waals surface area contributed by atoms with Crippen LogP contribution < -0.4 is 0 Å². The number of β-amino-alcohol motifs (C(OH)–C–C–N with tert-alkyl or cyclic N) is 1. The first-order valence-corrected chi connectivity index (χ1v) is 5.28. The third-order valence-corrected chi connectivity index (χ3v) is 2.97. The van der Waals surface area contributed by atoms with Crippen LogP contribution in [0.1, 0.15) is 15.9 Å². The maximum absolute atomic E-state index is 11.8. The Morgan fingerprint density at radius 3 is 3.00 bits per heavy atom. The van der Waals surface area contributed by atoms with E-state index in [0.717, 1.165) is 5.56 Å². The van der Waals surface area contributed by atoms with Gasteiger partial charge in [0.2, 0.25) is 0 Å². The van der Waals surface area contributed by atoms with Gasteiger partial charge in [-0.15, -0.1) is 0 Å². The predicted octanol–water partition coefficient (Wildman–Crippen LogP) is 0.805. The molecule has 0 saturated carbocycles. The average Bonchev–Trinajstić information content (AvgIpc) is 2.73. The molecule has 0 aliphatic carbocycles. The summed E-state index contributed by atoms with van der Waals surface area (Å²) < 4.78 is 0. The number of carbonyl (C=O) groups excluding carboxylic acids is 1. The quantitative estimate of drug-likeness (QED) is 0.751. The number of hydrogen-bond acceptors (Lipinski definition) is 4. The molecule has 1 aliphatic rings. The number of amides is 1. The maximum Gasteiger partial charge on any atom is 0.278 e. The van der Waals surface area contributed by atoms with Gasteiger partial charge in [0.1, 0.15) is 12.7 Å². The fourth-order valence-corrected chi connectivity index (χ4v) is 2.15. The Bertz CT molecular complexity index is 350. The molecule has 0 spiro atoms. The molecule has 14 heavy (non-hydrogen) atoms. The number of carbonyl (C=O) groups is 1. The number of rotatable bonds is 1. The summed E-state index contributed by atoms with van der Waals surface area (Å²) in [7, 11) is 0. The Labute approximate surface area is 85.7 Å². The standard InChI is InChI=1S/C9H11NO3S/c1-6-4-14-5-8(6)9(12)10-2-7(11)3-13-10/h4-5,7,11H,2-3H2,1H3/t7-/m1/s1. The average molecular weight is 213 g/mol. The lowest BCUT2D eigenvalue weighted by atomic mass is 10.2. The van der Waals surface area contributed by atoms with E-state index in [-0.39, 0.29) is 19.1 Å². The van der Waals surface area contributed by atoms with Gasteiger partial charge in [0.15, 0.2) is 0 Å². The van der Waals surface area contributed by atoms with Gasteiger partial charge in [0, 0.05) is 5.38 Å².